The van der Waals surface area contributed by atoms with E-state index in [1.165, 1.54) is 4.90 Å². The van der Waals surface area contributed by atoms with Crippen LogP contribution in [0.1, 0.15) is 49.9 Å². The third kappa shape index (κ3) is 3.64. The van der Waals surface area contributed by atoms with Crippen molar-refractivity contribution in [1.29, 1.82) is 0 Å². The summed E-state index contributed by atoms with van der Waals surface area (Å²) < 4.78 is 0. The van der Waals surface area contributed by atoms with Crippen LogP contribution in [0.25, 0.3) is 0 Å². The summed E-state index contributed by atoms with van der Waals surface area (Å²) in [6, 6.07) is 9.06. The molecule has 3 aliphatic heterocycles. The van der Waals surface area contributed by atoms with Crippen molar-refractivity contribution in [2.24, 2.45) is 0 Å². The lowest BCUT2D eigenvalue weighted by molar-refractivity contribution is -0.135. The molecule has 0 bridgehead atoms. The van der Waals surface area contributed by atoms with Crippen molar-refractivity contribution in [3.8, 4) is 0 Å². The molecule has 0 radical (unpaired) electrons. The summed E-state index contributed by atoms with van der Waals surface area (Å²) in [5.74, 6) is -0.146. The number of piperidine rings is 2. The van der Waals surface area contributed by atoms with Gasteiger partial charge in [0, 0.05) is 37.8 Å². The minimum absolute atomic E-state index is 0.0395. The van der Waals surface area contributed by atoms with Crippen LogP contribution in [0, 0.1) is 0 Å². The topological polar surface area (TPSA) is 73.0 Å². The zero-order chi connectivity index (χ0) is 20.6. The fourth-order valence-corrected chi connectivity index (χ4v) is 4.85. The number of carbonyl (C=O) groups excluding carboxylic acids is 3. The Morgan fingerprint density at radius 2 is 1.79 bits per heavy atom. The van der Waals surface area contributed by atoms with Gasteiger partial charge in [0.1, 0.15) is 5.54 Å². The molecule has 0 aromatic heterocycles. The number of urea groups is 1. The monoisotopic (exact) mass is 398 g/mol. The van der Waals surface area contributed by atoms with E-state index in [1.54, 1.807) is 17.0 Å². The van der Waals surface area contributed by atoms with Gasteiger partial charge in [-0.1, -0.05) is 18.2 Å². The van der Waals surface area contributed by atoms with Crippen molar-refractivity contribution in [3.63, 3.8) is 0 Å². The van der Waals surface area contributed by atoms with Crippen molar-refractivity contribution < 1.29 is 14.4 Å². The van der Waals surface area contributed by atoms with Crippen molar-refractivity contribution >= 4 is 17.8 Å². The number of hydrogen-bond acceptors (Lipinski definition) is 4. The summed E-state index contributed by atoms with van der Waals surface area (Å²) in [5, 5.41) is 3.01. The zero-order valence-corrected chi connectivity index (χ0v) is 17.3. The predicted octanol–water partition coefficient (Wildman–Crippen LogP) is 2.09. The number of carbonyl (C=O) groups is 3. The van der Waals surface area contributed by atoms with E-state index in [2.05, 4.69) is 24.1 Å². The lowest BCUT2D eigenvalue weighted by atomic mass is 9.86. The van der Waals surface area contributed by atoms with E-state index in [0.717, 1.165) is 25.9 Å². The second-order valence-electron chi connectivity index (χ2n) is 8.73. The molecule has 3 saturated heterocycles. The first-order chi connectivity index (χ1) is 13.9. The lowest BCUT2D eigenvalue weighted by Crippen LogP contribution is -2.57. The number of hydrogen-bond donors (Lipinski definition) is 1. The van der Waals surface area contributed by atoms with Crippen molar-refractivity contribution in [2.45, 2.75) is 57.2 Å². The third-order valence-corrected chi connectivity index (χ3v) is 6.64. The predicted molar refractivity (Wildman–Crippen MR) is 109 cm³/mol. The van der Waals surface area contributed by atoms with Gasteiger partial charge in [-0.15, -0.1) is 0 Å². The molecule has 1 aromatic carbocycles. The number of amides is 4. The Kier molecular flexibility index (Phi) is 5.34. The number of likely N-dealkylation sites (tertiary alicyclic amines) is 2. The molecule has 0 unspecified atom stereocenters. The van der Waals surface area contributed by atoms with Gasteiger partial charge in [0.05, 0.1) is 6.04 Å². The minimum Gasteiger partial charge on any atom is -0.337 e. The summed E-state index contributed by atoms with van der Waals surface area (Å²) >= 11 is 0. The van der Waals surface area contributed by atoms with Crippen LogP contribution in [-0.4, -0.2) is 76.3 Å². The largest absolute Gasteiger partial charge is 0.337 e. The average Bonchev–Trinajstić information content (AvgIpc) is 2.97. The Morgan fingerprint density at radius 3 is 2.45 bits per heavy atom. The standard InChI is InChI=1S/C22H30N4O3/c1-16(2)24-13-10-22(11-14-24)20(28)26(21(29)23-22)18-9-6-12-25(15-18)19(27)17-7-4-3-5-8-17/h3-5,7-8,16,18H,6,9-15H2,1-2H3,(H,23,29)/t18-/m0/s1. The zero-order valence-electron chi connectivity index (χ0n) is 17.3. The number of rotatable bonds is 3. The Balaban J connectivity index is 1.46. The fourth-order valence-electron chi connectivity index (χ4n) is 4.85. The van der Waals surface area contributed by atoms with Gasteiger partial charge in [0.25, 0.3) is 11.8 Å². The number of nitrogens with zero attached hydrogens (tertiary/aromatic N) is 3. The molecule has 0 aliphatic carbocycles. The normalized spacial score (nSPS) is 25.0. The maximum atomic E-state index is 13.3. The molecule has 1 aromatic rings. The quantitative estimate of drug-likeness (QED) is 0.792. The summed E-state index contributed by atoms with van der Waals surface area (Å²) in [7, 11) is 0. The van der Waals surface area contributed by atoms with Crippen LogP contribution in [0.4, 0.5) is 4.79 Å². The molecule has 4 amide bonds. The van der Waals surface area contributed by atoms with Gasteiger partial charge in [-0.3, -0.25) is 14.5 Å². The van der Waals surface area contributed by atoms with Crippen LogP contribution >= 0.6 is 0 Å². The highest BCUT2D eigenvalue weighted by molar-refractivity contribution is 6.07. The maximum Gasteiger partial charge on any atom is 0.325 e. The van der Waals surface area contributed by atoms with Crippen LogP contribution in [0.5, 0.6) is 0 Å². The van der Waals surface area contributed by atoms with Gasteiger partial charge in [-0.05, 0) is 51.7 Å². The van der Waals surface area contributed by atoms with Gasteiger partial charge in [-0.2, -0.15) is 0 Å². The highest BCUT2D eigenvalue weighted by Gasteiger charge is 2.54. The van der Waals surface area contributed by atoms with E-state index in [-0.39, 0.29) is 23.9 Å². The summed E-state index contributed by atoms with van der Waals surface area (Å²) in [4.78, 5) is 44.5. The Morgan fingerprint density at radius 1 is 1.10 bits per heavy atom. The Hall–Kier alpha value is -2.41. The third-order valence-electron chi connectivity index (χ3n) is 6.64. The van der Waals surface area contributed by atoms with E-state index in [0.29, 0.717) is 37.5 Å². The molecular formula is C22H30N4O3. The smallest absolute Gasteiger partial charge is 0.325 e. The molecule has 4 rings (SSSR count). The molecule has 3 heterocycles. The van der Waals surface area contributed by atoms with Gasteiger partial charge in [0.15, 0.2) is 0 Å². The second-order valence-corrected chi connectivity index (χ2v) is 8.73. The molecule has 156 valence electrons. The van der Waals surface area contributed by atoms with Gasteiger partial charge in [-0.25, -0.2) is 4.79 Å². The second kappa shape index (κ2) is 7.78. The highest BCUT2D eigenvalue weighted by Crippen LogP contribution is 2.33. The van der Waals surface area contributed by atoms with Crippen LogP contribution < -0.4 is 5.32 Å². The molecule has 1 N–H and O–H groups in total. The molecule has 29 heavy (non-hydrogen) atoms. The Labute approximate surface area is 172 Å². The van der Waals surface area contributed by atoms with Crippen LogP contribution in [0.2, 0.25) is 0 Å². The molecule has 3 aliphatic rings. The molecule has 3 fully saturated rings. The van der Waals surface area contributed by atoms with Crippen LogP contribution in [-0.2, 0) is 4.79 Å². The number of nitrogens with one attached hydrogen (secondary N) is 1. The van der Waals surface area contributed by atoms with E-state index < -0.39 is 5.54 Å². The average molecular weight is 399 g/mol. The van der Waals surface area contributed by atoms with Crippen molar-refractivity contribution in [3.05, 3.63) is 35.9 Å². The SMILES string of the molecule is CC(C)N1CCC2(CC1)NC(=O)N([C@H]1CCCN(C(=O)c3ccccc3)C1)C2=O. The van der Waals surface area contributed by atoms with E-state index in [9.17, 15) is 14.4 Å². The maximum absolute atomic E-state index is 13.3. The molecule has 1 spiro atoms. The number of imide groups is 1. The molecule has 7 nitrogen and oxygen atoms in total. The minimum atomic E-state index is -0.770. The van der Waals surface area contributed by atoms with E-state index in [4.69, 9.17) is 0 Å². The molecule has 1 atom stereocenters. The summed E-state index contributed by atoms with van der Waals surface area (Å²) in [6.07, 6.45) is 2.82. The molecule has 7 heteroatoms. The van der Waals surface area contributed by atoms with Gasteiger partial charge < -0.3 is 15.1 Å². The summed E-state index contributed by atoms with van der Waals surface area (Å²) in [5.41, 5.74) is -0.128. The van der Waals surface area contributed by atoms with Crippen molar-refractivity contribution in [1.82, 2.24) is 20.0 Å². The first-order valence-electron chi connectivity index (χ1n) is 10.7. The Bertz CT molecular complexity index is 787. The van der Waals surface area contributed by atoms with Crippen LogP contribution in [0.15, 0.2) is 30.3 Å². The fraction of sp³-hybridized carbons (Fsp3) is 0.591. The van der Waals surface area contributed by atoms with E-state index in [1.807, 2.05) is 18.2 Å². The van der Waals surface area contributed by atoms with Gasteiger partial charge >= 0.3 is 6.03 Å². The van der Waals surface area contributed by atoms with Crippen LogP contribution in [0.3, 0.4) is 0 Å². The lowest BCUT2D eigenvalue weighted by Gasteiger charge is -2.40. The highest BCUT2D eigenvalue weighted by atomic mass is 16.2. The first-order valence-corrected chi connectivity index (χ1v) is 10.7. The van der Waals surface area contributed by atoms with Crippen molar-refractivity contribution in [2.75, 3.05) is 26.2 Å². The number of benzene rings is 1. The van der Waals surface area contributed by atoms with Gasteiger partial charge in [0.2, 0.25) is 0 Å². The summed E-state index contributed by atoms with van der Waals surface area (Å²) in [6.45, 7) is 6.98. The molecular weight excluding hydrogens is 368 g/mol. The molecule has 0 saturated carbocycles. The first kappa shape index (κ1) is 19.9. The van der Waals surface area contributed by atoms with E-state index >= 15 is 0 Å².